The number of ether oxygens (including phenoxy) is 2. The van der Waals surface area contributed by atoms with Crippen LogP contribution in [0.15, 0.2) is 30.6 Å². The van der Waals surface area contributed by atoms with Crippen LogP contribution in [-0.2, 0) is 6.42 Å². The van der Waals surface area contributed by atoms with Gasteiger partial charge < -0.3 is 20.5 Å². The van der Waals surface area contributed by atoms with Crippen molar-refractivity contribution in [1.29, 1.82) is 0 Å². The fourth-order valence-corrected chi connectivity index (χ4v) is 2.86. The Labute approximate surface area is 138 Å². The lowest BCUT2D eigenvalue weighted by Gasteiger charge is -2.26. The van der Waals surface area contributed by atoms with E-state index < -0.39 is 0 Å². The number of aromatic nitrogens is 4. The van der Waals surface area contributed by atoms with Crippen molar-refractivity contribution in [3.8, 4) is 11.5 Å². The third-order valence-corrected chi connectivity index (χ3v) is 4.15. The quantitative estimate of drug-likeness (QED) is 0.747. The molecule has 4 rings (SSSR count). The van der Waals surface area contributed by atoms with Gasteiger partial charge in [0.15, 0.2) is 5.65 Å². The molecule has 0 spiro atoms. The van der Waals surface area contributed by atoms with E-state index in [1.807, 2.05) is 18.2 Å². The van der Waals surface area contributed by atoms with Crippen LogP contribution < -0.4 is 20.5 Å². The fourth-order valence-electron chi connectivity index (χ4n) is 2.86. The maximum Gasteiger partial charge on any atom is 0.209 e. The minimum atomic E-state index is 0.350. The molecule has 0 aliphatic carbocycles. The molecule has 1 aromatic carbocycles. The zero-order valence-electron chi connectivity index (χ0n) is 13.3. The molecule has 8 nitrogen and oxygen atoms in total. The summed E-state index contributed by atoms with van der Waals surface area (Å²) < 4.78 is 12.7. The summed E-state index contributed by atoms with van der Waals surface area (Å²) in [5, 5.41) is 11.1. The van der Waals surface area contributed by atoms with Crippen molar-refractivity contribution in [3.63, 3.8) is 0 Å². The fraction of sp³-hybridized carbons (Fsp3) is 0.312. The van der Waals surface area contributed by atoms with Crippen LogP contribution in [0.2, 0.25) is 0 Å². The maximum absolute atomic E-state index is 5.90. The molecule has 0 fully saturated rings. The minimum absolute atomic E-state index is 0.350. The molecule has 3 aromatic rings. The first kappa shape index (κ1) is 14.6. The predicted octanol–water partition coefficient (Wildman–Crippen LogP) is 1.38. The molecule has 0 amide bonds. The Hall–Kier alpha value is -3.03. The second-order valence-corrected chi connectivity index (χ2v) is 5.79. The molecule has 24 heavy (non-hydrogen) atoms. The van der Waals surface area contributed by atoms with E-state index >= 15 is 0 Å². The van der Waals surface area contributed by atoms with Gasteiger partial charge in [-0.1, -0.05) is 6.07 Å². The van der Waals surface area contributed by atoms with Gasteiger partial charge in [0.2, 0.25) is 5.95 Å². The van der Waals surface area contributed by atoms with Gasteiger partial charge in [-0.05, 0) is 18.1 Å². The molecular weight excluding hydrogens is 308 g/mol. The Bertz CT molecular complexity index is 878. The summed E-state index contributed by atoms with van der Waals surface area (Å²) in [6.07, 6.45) is 2.48. The summed E-state index contributed by atoms with van der Waals surface area (Å²) >= 11 is 0. The molecule has 1 atom stereocenters. The van der Waals surface area contributed by atoms with Gasteiger partial charge in [-0.15, -0.1) is 10.2 Å². The molecule has 0 bridgehead atoms. The SMILES string of the molecule is COc1ccc2c(c1)OC[C@H](CNc1cc3nncn3c(N)n1)C2. The van der Waals surface area contributed by atoms with E-state index in [0.717, 1.165) is 24.5 Å². The molecule has 2 aromatic heterocycles. The van der Waals surface area contributed by atoms with Gasteiger partial charge in [0.1, 0.15) is 23.6 Å². The maximum atomic E-state index is 5.90. The van der Waals surface area contributed by atoms with Crippen LogP contribution in [0.25, 0.3) is 5.65 Å². The first-order valence-electron chi connectivity index (χ1n) is 7.73. The van der Waals surface area contributed by atoms with Crippen molar-refractivity contribution in [1.82, 2.24) is 19.6 Å². The second kappa shape index (κ2) is 5.88. The summed E-state index contributed by atoms with van der Waals surface area (Å²) in [6, 6.07) is 7.77. The standard InChI is InChI=1S/C16H18N6O2/c1-23-12-3-2-11-4-10(8-24-13(11)5-12)7-18-14-6-15-21-19-9-22(15)16(17)20-14/h2-3,5-6,9-10,18H,4,7-8H2,1H3,(H2,17,20)/t10-/m0/s1. The minimum Gasteiger partial charge on any atom is -0.497 e. The topological polar surface area (TPSA) is 99.6 Å². The van der Waals surface area contributed by atoms with E-state index in [-0.39, 0.29) is 0 Å². The number of nitrogens with one attached hydrogen (secondary N) is 1. The third kappa shape index (κ3) is 2.66. The lowest BCUT2D eigenvalue weighted by Crippen LogP contribution is -2.27. The second-order valence-electron chi connectivity index (χ2n) is 5.79. The average Bonchev–Trinajstić information content (AvgIpc) is 3.08. The summed E-state index contributed by atoms with van der Waals surface area (Å²) in [7, 11) is 1.65. The molecule has 124 valence electrons. The summed E-state index contributed by atoms with van der Waals surface area (Å²) in [5.41, 5.74) is 7.75. The number of hydrogen-bond donors (Lipinski definition) is 2. The summed E-state index contributed by atoms with van der Waals surface area (Å²) in [4.78, 5) is 4.32. The Morgan fingerprint density at radius 1 is 1.42 bits per heavy atom. The molecule has 0 unspecified atom stereocenters. The summed E-state index contributed by atoms with van der Waals surface area (Å²) in [6.45, 7) is 1.39. The number of nitrogens with two attached hydrogens (primary N) is 1. The zero-order chi connectivity index (χ0) is 16.5. The lowest BCUT2D eigenvalue weighted by molar-refractivity contribution is 0.228. The monoisotopic (exact) mass is 326 g/mol. The average molecular weight is 326 g/mol. The third-order valence-electron chi connectivity index (χ3n) is 4.15. The number of anilines is 2. The number of benzene rings is 1. The number of methoxy groups -OCH3 is 1. The Morgan fingerprint density at radius 2 is 2.33 bits per heavy atom. The molecule has 3 heterocycles. The van der Waals surface area contributed by atoms with Gasteiger partial charge in [0.05, 0.1) is 13.7 Å². The Morgan fingerprint density at radius 3 is 3.21 bits per heavy atom. The van der Waals surface area contributed by atoms with Crippen LogP contribution in [0, 0.1) is 5.92 Å². The highest BCUT2D eigenvalue weighted by Crippen LogP contribution is 2.31. The highest BCUT2D eigenvalue weighted by atomic mass is 16.5. The van der Waals surface area contributed by atoms with Gasteiger partial charge >= 0.3 is 0 Å². The van der Waals surface area contributed by atoms with E-state index in [0.29, 0.717) is 29.9 Å². The first-order chi connectivity index (χ1) is 11.7. The number of nitrogen functional groups attached to an aromatic ring is 1. The van der Waals surface area contributed by atoms with Gasteiger partial charge in [0, 0.05) is 24.6 Å². The van der Waals surface area contributed by atoms with Crippen LogP contribution in [0.4, 0.5) is 11.8 Å². The van der Waals surface area contributed by atoms with E-state index in [4.69, 9.17) is 15.2 Å². The normalized spacial score (nSPS) is 16.5. The lowest BCUT2D eigenvalue weighted by atomic mass is 9.96. The molecule has 0 radical (unpaired) electrons. The van der Waals surface area contributed by atoms with E-state index in [1.54, 1.807) is 17.8 Å². The smallest absolute Gasteiger partial charge is 0.209 e. The van der Waals surface area contributed by atoms with Crippen LogP contribution in [0.1, 0.15) is 5.56 Å². The van der Waals surface area contributed by atoms with Crippen LogP contribution in [-0.4, -0.2) is 39.8 Å². The molecule has 1 aliphatic rings. The highest BCUT2D eigenvalue weighted by Gasteiger charge is 2.20. The molecular formula is C16H18N6O2. The van der Waals surface area contributed by atoms with Crippen LogP contribution in [0.5, 0.6) is 11.5 Å². The van der Waals surface area contributed by atoms with Gasteiger partial charge in [0.25, 0.3) is 0 Å². The van der Waals surface area contributed by atoms with Crippen molar-refractivity contribution in [2.75, 3.05) is 31.3 Å². The zero-order valence-corrected chi connectivity index (χ0v) is 13.3. The summed E-state index contributed by atoms with van der Waals surface area (Å²) in [5.74, 6) is 3.11. The van der Waals surface area contributed by atoms with Gasteiger partial charge in [-0.3, -0.25) is 4.40 Å². The highest BCUT2D eigenvalue weighted by molar-refractivity contribution is 5.53. The van der Waals surface area contributed by atoms with E-state index in [1.165, 1.54) is 5.56 Å². The van der Waals surface area contributed by atoms with Gasteiger partial charge in [-0.2, -0.15) is 4.98 Å². The Balaban J connectivity index is 1.44. The number of rotatable bonds is 4. The van der Waals surface area contributed by atoms with Crippen molar-refractivity contribution in [2.24, 2.45) is 5.92 Å². The van der Waals surface area contributed by atoms with Gasteiger partial charge in [-0.25, -0.2) is 0 Å². The molecule has 1 aliphatic heterocycles. The van der Waals surface area contributed by atoms with Crippen molar-refractivity contribution in [2.45, 2.75) is 6.42 Å². The van der Waals surface area contributed by atoms with Crippen molar-refractivity contribution < 1.29 is 9.47 Å². The predicted molar refractivity (Wildman–Crippen MR) is 89.4 cm³/mol. The Kier molecular flexibility index (Phi) is 3.56. The van der Waals surface area contributed by atoms with Crippen LogP contribution in [0.3, 0.4) is 0 Å². The van der Waals surface area contributed by atoms with Crippen molar-refractivity contribution in [3.05, 3.63) is 36.2 Å². The number of fused-ring (bicyclic) bond motifs is 2. The number of nitrogens with zero attached hydrogens (tertiary/aromatic N) is 4. The first-order valence-corrected chi connectivity index (χ1v) is 7.73. The molecule has 0 saturated heterocycles. The van der Waals surface area contributed by atoms with E-state index in [2.05, 4.69) is 26.6 Å². The largest absolute Gasteiger partial charge is 0.497 e. The molecule has 0 saturated carbocycles. The van der Waals surface area contributed by atoms with Crippen LogP contribution >= 0.6 is 0 Å². The molecule has 8 heteroatoms. The van der Waals surface area contributed by atoms with E-state index in [9.17, 15) is 0 Å². The number of hydrogen-bond acceptors (Lipinski definition) is 7. The molecule has 3 N–H and O–H groups in total. The van der Waals surface area contributed by atoms with Crippen molar-refractivity contribution >= 4 is 17.4 Å².